The number of benzene rings is 1. The zero-order valence-electron chi connectivity index (χ0n) is 21.3. The minimum Gasteiger partial charge on any atom is -0.365 e. The third-order valence-corrected chi connectivity index (χ3v) is 11.4. The molecular weight excluding hydrogens is 444 g/mol. The summed E-state index contributed by atoms with van der Waals surface area (Å²) in [5.74, 6) is 1.25. The summed E-state index contributed by atoms with van der Waals surface area (Å²) in [5.41, 5.74) is 2.56. The Bertz CT molecular complexity index is 985. The number of allylic oxidation sites excluding steroid dienone is 1. The van der Waals surface area contributed by atoms with Crippen LogP contribution in [-0.4, -0.2) is 16.7 Å². The molecule has 0 amide bonds. The summed E-state index contributed by atoms with van der Waals surface area (Å²) in [5, 5.41) is 12.1. The summed E-state index contributed by atoms with van der Waals surface area (Å²) in [7, 11) is 0. The molecule has 0 saturated heterocycles. The van der Waals surface area contributed by atoms with Crippen LogP contribution in [0.1, 0.15) is 91.0 Å². The number of carbonyl (C=O) groups excluding carboxylic acids is 1. The van der Waals surface area contributed by atoms with Crippen LogP contribution < -0.4 is 0 Å². The molecule has 0 heterocycles. The Kier molecular flexibility index (Phi) is 6.10. The number of fused-ring (bicyclic) bond motifs is 5. The van der Waals surface area contributed by atoms with Gasteiger partial charge in [-0.25, -0.2) is 0 Å². The van der Waals surface area contributed by atoms with Gasteiger partial charge in [-0.3, -0.25) is 4.79 Å². The Balaban J connectivity index is 1.35. The maximum absolute atomic E-state index is 12.9. The number of Topliss-reactive ketones (excluding diaryl/α,β-unsaturated/α-hetero) is 1. The monoisotopic (exact) mass is 484 g/mol. The Labute approximate surface area is 210 Å². The van der Waals surface area contributed by atoms with Gasteiger partial charge in [-0.05, 0) is 98.1 Å². The molecule has 0 aromatic heterocycles. The second kappa shape index (κ2) is 8.46. The van der Waals surface area contributed by atoms with Gasteiger partial charge in [0.1, 0.15) is 5.78 Å². The number of carbonyl (C=O) groups is 1. The molecule has 4 heteroatoms. The number of ether oxygens (including phenoxy) is 1. The first kappa shape index (κ1) is 24.5. The van der Waals surface area contributed by atoms with Crippen molar-refractivity contribution in [2.24, 2.45) is 34.0 Å². The van der Waals surface area contributed by atoms with E-state index in [4.69, 9.17) is 16.3 Å². The number of hydrogen-bond donors (Lipinski definition) is 1. The van der Waals surface area contributed by atoms with E-state index in [0.717, 1.165) is 37.7 Å². The van der Waals surface area contributed by atoms with Crippen LogP contribution in [0.25, 0.3) is 0 Å². The molecule has 7 unspecified atom stereocenters. The van der Waals surface area contributed by atoms with Crippen molar-refractivity contribution in [3.05, 3.63) is 46.5 Å². The third-order valence-electron chi connectivity index (χ3n) is 11.2. The van der Waals surface area contributed by atoms with Gasteiger partial charge in [-0.15, -0.1) is 0 Å². The van der Waals surface area contributed by atoms with Gasteiger partial charge in [0.05, 0.1) is 6.61 Å². The van der Waals surface area contributed by atoms with Crippen molar-refractivity contribution in [2.75, 3.05) is 0 Å². The van der Waals surface area contributed by atoms with E-state index in [9.17, 15) is 9.90 Å². The third kappa shape index (κ3) is 3.56. The van der Waals surface area contributed by atoms with Crippen LogP contribution in [0.3, 0.4) is 0 Å². The highest BCUT2D eigenvalue weighted by Gasteiger charge is 2.65. The fourth-order valence-corrected chi connectivity index (χ4v) is 9.21. The van der Waals surface area contributed by atoms with Crippen molar-refractivity contribution in [1.29, 1.82) is 0 Å². The molecule has 1 aromatic carbocycles. The average Bonchev–Trinajstić information content (AvgIpc) is 3.13. The molecular formula is C30H41ClO3. The molecule has 5 rings (SSSR count). The lowest BCUT2D eigenvalue weighted by Gasteiger charge is -2.60. The van der Waals surface area contributed by atoms with Crippen molar-refractivity contribution < 1.29 is 14.6 Å². The van der Waals surface area contributed by atoms with E-state index in [1.165, 1.54) is 18.4 Å². The topological polar surface area (TPSA) is 46.5 Å². The van der Waals surface area contributed by atoms with E-state index in [1.54, 1.807) is 0 Å². The summed E-state index contributed by atoms with van der Waals surface area (Å²) in [6.45, 7) is 9.36. The van der Waals surface area contributed by atoms with E-state index in [-0.39, 0.29) is 16.2 Å². The summed E-state index contributed by atoms with van der Waals surface area (Å²) >= 11 is 6.00. The Morgan fingerprint density at radius 2 is 1.79 bits per heavy atom. The summed E-state index contributed by atoms with van der Waals surface area (Å²) < 4.78 is 6.11. The quantitative estimate of drug-likeness (QED) is 0.347. The van der Waals surface area contributed by atoms with Crippen LogP contribution in [-0.2, 0) is 16.1 Å². The summed E-state index contributed by atoms with van der Waals surface area (Å²) in [4.78, 5) is 12.9. The van der Waals surface area contributed by atoms with E-state index < -0.39 is 5.79 Å². The van der Waals surface area contributed by atoms with Gasteiger partial charge in [0.25, 0.3) is 0 Å². The lowest BCUT2D eigenvalue weighted by atomic mass is 9.45. The molecule has 7 atom stereocenters. The molecule has 186 valence electrons. The normalized spacial score (nSPS) is 43.5. The van der Waals surface area contributed by atoms with Gasteiger partial charge in [-0.2, -0.15) is 0 Å². The molecule has 34 heavy (non-hydrogen) atoms. The van der Waals surface area contributed by atoms with E-state index in [0.29, 0.717) is 48.0 Å². The number of hydrogen-bond acceptors (Lipinski definition) is 3. The van der Waals surface area contributed by atoms with Gasteiger partial charge in [-0.1, -0.05) is 56.2 Å². The van der Waals surface area contributed by atoms with Crippen LogP contribution in [0, 0.1) is 34.0 Å². The molecule has 1 N–H and O–H groups in total. The highest BCUT2D eigenvalue weighted by atomic mass is 35.5. The van der Waals surface area contributed by atoms with Crippen molar-refractivity contribution in [1.82, 2.24) is 0 Å². The molecule has 0 spiro atoms. The van der Waals surface area contributed by atoms with E-state index in [2.05, 4.69) is 26.8 Å². The predicted molar refractivity (Wildman–Crippen MR) is 136 cm³/mol. The lowest BCUT2D eigenvalue weighted by Crippen LogP contribution is -2.55. The van der Waals surface area contributed by atoms with Crippen molar-refractivity contribution in [3.63, 3.8) is 0 Å². The van der Waals surface area contributed by atoms with Crippen LogP contribution in [0.5, 0.6) is 0 Å². The Morgan fingerprint density at radius 1 is 1.09 bits per heavy atom. The van der Waals surface area contributed by atoms with Gasteiger partial charge in [0.2, 0.25) is 0 Å². The maximum Gasteiger partial charge on any atom is 0.169 e. The first-order valence-electron chi connectivity index (χ1n) is 13.4. The van der Waals surface area contributed by atoms with Crippen LogP contribution >= 0.6 is 11.6 Å². The Morgan fingerprint density at radius 3 is 2.47 bits per heavy atom. The largest absolute Gasteiger partial charge is 0.365 e. The molecule has 1 aromatic rings. The molecule has 3 nitrogen and oxygen atoms in total. The minimum absolute atomic E-state index is 0.129. The minimum atomic E-state index is -1.10. The molecule has 0 bridgehead atoms. The van der Waals surface area contributed by atoms with Gasteiger partial charge < -0.3 is 9.84 Å². The molecule has 0 aliphatic heterocycles. The number of ketones is 1. The number of rotatable bonds is 5. The fourth-order valence-electron chi connectivity index (χ4n) is 9.08. The first-order valence-corrected chi connectivity index (χ1v) is 13.8. The maximum atomic E-state index is 12.9. The van der Waals surface area contributed by atoms with Crippen molar-refractivity contribution >= 4 is 17.4 Å². The lowest BCUT2D eigenvalue weighted by molar-refractivity contribution is -0.231. The van der Waals surface area contributed by atoms with Crippen molar-refractivity contribution in [3.8, 4) is 0 Å². The number of aliphatic hydroxyl groups is 1. The van der Waals surface area contributed by atoms with Crippen molar-refractivity contribution in [2.45, 2.75) is 97.9 Å². The fraction of sp³-hybridized carbons (Fsp3) is 0.700. The summed E-state index contributed by atoms with van der Waals surface area (Å²) in [6, 6.07) is 7.65. The smallest absolute Gasteiger partial charge is 0.169 e. The predicted octanol–water partition coefficient (Wildman–Crippen LogP) is 7.49. The van der Waals surface area contributed by atoms with Gasteiger partial charge in [0.15, 0.2) is 5.79 Å². The summed E-state index contributed by atoms with van der Waals surface area (Å²) in [6.07, 6.45) is 11.4. The Hall–Kier alpha value is -1.16. The van der Waals surface area contributed by atoms with Crippen LogP contribution in [0.15, 0.2) is 35.9 Å². The average molecular weight is 485 g/mol. The van der Waals surface area contributed by atoms with E-state index >= 15 is 0 Å². The highest BCUT2D eigenvalue weighted by Crippen LogP contribution is 2.70. The first-order chi connectivity index (χ1) is 16.1. The molecule has 3 saturated carbocycles. The zero-order valence-corrected chi connectivity index (χ0v) is 22.1. The second-order valence-corrected chi connectivity index (χ2v) is 12.7. The van der Waals surface area contributed by atoms with Crippen LogP contribution in [0.4, 0.5) is 0 Å². The van der Waals surface area contributed by atoms with Crippen LogP contribution in [0.2, 0.25) is 5.02 Å². The second-order valence-electron chi connectivity index (χ2n) is 12.3. The molecule has 0 radical (unpaired) electrons. The SMILES string of the molecule is CCC1(C(C)=O)CCC2C3CC=C4CC(O)(OCc5ccc(Cl)cc5)CCC4(C)C3CCC21C. The van der Waals surface area contributed by atoms with E-state index in [1.807, 2.05) is 31.2 Å². The van der Waals surface area contributed by atoms with Gasteiger partial charge >= 0.3 is 0 Å². The highest BCUT2D eigenvalue weighted by molar-refractivity contribution is 6.30. The standard InChI is InChI=1S/C30H41ClO3/c1-5-29(20(2)32)15-13-26-24-11-8-22-18-30(33,34-19-21-6-9-23(31)10-7-21)17-16-27(22,3)25(24)12-14-28(26,29)4/h6-10,24-26,33H,5,11-19H2,1-4H3. The zero-order chi connectivity index (χ0) is 24.4. The number of halogens is 1. The molecule has 3 fully saturated rings. The van der Waals surface area contributed by atoms with Gasteiger partial charge in [0, 0.05) is 23.3 Å². The molecule has 4 aliphatic carbocycles. The molecule has 4 aliphatic rings.